The zero-order valence-electron chi connectivity index (χ0n) is 29.4. The quantitative estimate of drug-likeness (QED) is 0.130. The summed E-state index contributed by atoms with van der Waals surface area (Å²) >= 11 is 0. The van der Waals surface area contributed by atoms with Crippen LogP contribution in [0.15, 0.2) is 194 Å². The lowest BCUT2D eigenvalue weighted by atomic mass is 9.96. The number of aromatic nitrogens is 3. The Kier molecular flexibility index (Phi) is 6.89. The van der Waals surface area contributed by atoms with Crippen molar-refractivity contribution in [1.82, 2.24) is 9.55 Å². The van der Waals surface area contributed by atoms with Gasteiger partial charge in [-0.3, -0.25) is 0 Å². The molecule has 0 N–H and O–H groups in total. The molecule has 7 aromatic carbocycles. The Morgan fingerprint density at radius 1 is 0.481 bits per heavy atom. The Bertz CT molecular complexity index is 3070. The van der Waals surface area contributed by atoms with Crippen LogP contribution in [0.4, 0.5) is 5.69 Å². The van der Waals surface area contributed by atoms with Crippen LogP contribution in [-0.2, 0) is 0 Å². The molecular weight excluding hydrogens is 657 g/mol. The molecule has 3 aromatic heterocycles. The summed E-state index contributed by atoms with van der Waals surface area (Å²) in [6.45, 7) is 0. The molecule has 4 nitrogen and oxygen atoms in total. The molecule has 1 unspecified atom stereocenters. The molecule has 1 aliphatic heterocycles. The molecule has 0 amide bonds. The number of para-hydroxylation sites is 3. The second-order valence-corrected chi connectivity index (χ2v) is 14.0. The summed E-state index contributed by atoms with van der Waals surface area (Å²) in [4.78, 5) is 5.41. The van der Waals surface area contributed by atoms with Crippen LogP contribution >= 0.6 is 0 Å². The topological polar surface area (TPSA) is 24.7 Å². The van der Waals surface area contributed by atoms with Gasteiger partial charge in [0.2, 0.25) is 11.9 Å². The lowest BCUT2D eigenvalue weighted by molar-refractivity contribution is -0.830. The first-order valence-corrected chi connectivity index (χ1v) is 18.5. The predicted molar refractivity (Wildman–Crippen MR) is 221 cm³/mol. The molecule has 252 valence electrons. The lowest BCUT2D eigenvalue weighted by Gasteiger charge is -2.15. The molecule has 0 aliphatic carbocycles. The number of fused-ring (bicyclic) bond motifs is 8. The minimum Gasteiger partial charge on any atom is -0.309 e. The van der Waals surface area contributed by atoms with Gasteiger partial charge in [-0.15, -0.1) is 9.14 Å². The van der Waals surface area contributed by atoms with Crippen molar-refractivity contribution in [2.75, 3.05) is 0 Å². The minimum atomic E-state index is 0.0591. The molecule has 4 heterocycles. The van der Waals surface area contributed by atoms with Crippen molar-refractivity contribution in [2.24, 2.45) is 0 Å². The summed E-state index contributed by atoms with van der Waals surface area (Å²) in [6.07, 6.45) is 4.47. The highest BCUT2D eigenvalue weighted by Crippen LogP contribution is 2.42. The van der Waals surface area contributed by atoms with Crippen LogP contribution < -0.4 is 4.57 Å². The van der Waals surface area contributed by atoms with Crippen molar-refractivity contribution in [3.05, 3.63) is 206 Å². The third-order valence-electron chi connectivity index (χ3n) is 11.0. The Hall–Kier alpha value is -7.17. The molecule has 0 bridgehead atoms. The van der Waals surface area contributed by atoms with Crippen LogP contribution in [0.2, 0.25) is 0 Å². The van der Waals surface area contributed by atoms with E-state index in [9.17, 15) is 0 Å². The van der Waals surface area contributed by atoms with E-state index >= 15 is 0 Å². The van der Waals surface area contributed by atoms with Crippen molar-refractivity contribution in [3.63, 3.8) is 0 Å². The van der Waals surface area contributed by atoms with Gasteiger partial charge in [0.15, 0.2) is 6.20 Å². The van der Waals surface area contributed by atoms with Crippen LogP contribution in [0.5, 0.6) is 0 Å². The predicted octanol–water partition coefficient (Wildman–Crippen LogP) is 11.4. The SMILES string of the molecule is C1=[N+](c2ccc(-c3ccc(-c4nc5ccccc5c5ccc6c7ccccc7n(-c7ccccc7)c6c45)cc3)cc2)C(c2ccccc2)[n+]2ccccc21. The minimum absolute atomic E-state index is 0.0591. The highest BCUT2D eigenvalue weighted by atomic mass is 15.3. The average molecular weight is 691 g/mol. The summed E-state index contributed by atoms with van der Waals surface area (Å²) in [5.41, 5.74) is 12.5. The van der Waals surface area contributed by atoms with E-state index in [0.29, 0.717) is 0 Å². The van der Waals surface area contributed by atoms with E-state index in [0.717, 1.165) is 38.9 Å². The van der Waals surface area contributed by atoms with Gasteiger partial charge in [0.05, 0.1) is 27.8 Å². The van der Waals surface area contributed by atoms with Crippen molar-refractivity contribution < 1.29 is 9.14 Å². The summed E-state index contributed by atoms with van der Waals surface area (Å²) in [5.74, 6) is 0. The van der Waals surface area contributed by atoms with Crippen molar-refractivity contribution in [1.29, 1.82) is 0 Å². The molecule has 4 heteroatoms. The number of pyridine rings is 2. The van der Waals surface area contributed by atoms with Crippen LogP contribution in [0.1, 0.15) is 17.4 Å². The van der Waals surface area contributed by atoms with Crippen molar-refractivity contribution >= 4 is 55.4 Å². The van der Waals surface area contributed by atoms with Crippen molar-refractivity contribution in [2.45, 2.75) is 6.17 Å². The van der Waals surface area contributed by atoms with E-state index in [1.54, 1.807) is 0 Å². The van der Waals surface area contributed by atoms with E-state index in [1.165, 1.54) is 49.6 Å². The van der Waals surface area contributed by atoms with E-state index in [4.69, 9.17) is 4.98 Å². The highest BCUT2D eigenvalue weighted by molar-refractivity contribution is 6.25. The Balaban J connectivity index is 1.04. The van der Waals surface area contributed by atoms with E-state index in [-0.39, 0.29) is 6.17 Å². The van der Waals surface area contributed by atoms with Gasteiger partial charge < -0.3 is 4.57 Å². The smallest absolute Gasteiger partial charge is 0.309 e. The number of nitrogens with zero attached hydrogens (tertiary/aromatic N) is 4. The van der Waals surface area contributed by atoms with Crippen LogP contribution in [-0.4, -0.2) is 20.3 Å². The normalized spacial score (nSPS) is 13.9. The summed E-state index contributed by atoms with van der Waals surface area (Å²) in [7, 11) is 0. The molecule has 0 saturated heterocycles. The molecule has 1 atom stereocenters. The van der Waals surface area contributed by atoms with Crippen molar-refractivity contribution in [3.8, 4) is 28.1 Å². The number of hydrogen-bond acceptors (Lipinski definition) is 1. The van der Waals surface area contributed by atoms with Gasteiger partial charge in [0.1, 0.15) is 0 Å². The van der Waals surface area contributed by atoms with Crippen LogP contribution in [0.25, 0.3) is 71.6 Å². The third-order valence-corrected chi connectivity index (χ3v) is 11.0. The first-order valence-electron chi connectivity index (χ1n) is 18.5. The second-order valence-electron chi connectivity index (χ2n) is 14.0. The highest BCUT2D eigenvalue weighted by Gasteiger charge is 2.41. The zero-order valence-corrected chi connectivity index (χ0v) is 29.4. The maximum atomic E-state index is 5.41. The van der Waals surface area contributed by atoms with Gasteiger partial charge in [0, 0.05) is 57.1 Å². The van der Waals surface area contributed by atoms with Crippen LogP contribution in [0, 0.1) is 0 Å². The molecule has 1 aliphatic rings. The van der Waals surface area contributed by atoms with E-state index in [2.05, 4.69) is 214 Å². The zero-order chi connectivity index (χ0) is 35.6. The maximum Gasteiger partial charge on any atom is 0.380 e. The number of benzene rings is 7. The van der Waals surface area contributed by atoms with Gasteiger partial charge in [-0.2, -0.15) is 0 Å². The molecular formula is C50H34N4+2. The number of hydrogen-bond donors (Lipinski definition) is 0. The van der Waals surface area contributed by atoms with Gasteiger partial charge >= 0.3 is 6.17 Å². The first-order chi connectivity index (χ1) is 26.8. The molecule has 0 saturated carbocycles. The fourth-order valence-electron chi connectivity index (χ4n) is 8.51. The standard InChI is InChI=1S/C50H34N4/c1-3-13-37(14-4-1)50-52-32-12-11-17-40(52)33-53(50)38-28-26-35(27-29-38)34-22-24-36(25-23-34)48-47-43(41-18-7-9-20-45(41)51-48)30-31-44-42-19-8-10-21-46(42)54(49(44)47)39-15-5-2-6-16-39/h1-33,50H/q+2. The van der Waals surface area contributed by atoms with Gasteiger partial charge in [-0.25, -0.2) is 4.98 Å². The summed E-state index contributed by atoms with van der Waals surface area (Å²) in [6, 6.07) is 67.5. The fraction of sp³-hybridized carbons (Fsp3) is 0.0200. The van der Waals surface area contributed by atoms with E-state index < -0.39 is 0 Å². The largest absolute Gasteiger partial charge is 0.380 e. The summed E-state index contributed by atoms with van der Waals surface area (Å²) < 4.78 is 7.11. The second kappa shape index (κ2) is 12.2. The molecule has 54 heavy (non-hydrogen) atoms. The Morgan fingerprint density at radius 2 is 1.11 bits per heavy atom. The lowest BCUT2D eigenvalue weighted by Crippen LogP contribution is -2.42. The third kappa shape index (κ3) is 4.74. The van der Waals surface area contributed by atoms with Crippen LogP contribution in [0.3, 0.4) is 0 Å². The van der Waals surface area contributed by atoms with Gasteiger partial charge in [0.25, 0.3) is 5.69 Å². The monoisotopic (exact) mass is 690 g/mol. The van der Waals surface area contributed by atoms with Gasteiger partial charge in [-0.05, 0) is 71.1 Å². The Morgan fingerprint density at radius 3 is 1.91 bits per heavy atom. The average Bonchev–Trinajstić information content (AvgIpc) is 3.81. The molecule has 11 rings (SSSR count). The molecule has 0 spiro atoms. The maximum absolute atomic E-state index is 5.41. The first kappa shape index (κ1) is 30.5. The van der Waals surface area contributed by atoms with Gasteiger partial charge in [-0.1, -0.05) is 109 Å². The molecule has 10 aromatic rings. The van der Waals surface area contributed by atoms with E-state index in [1.807, 2.05) is 0 Å². The molecule has 0 radical (unpaired) electrons. The molecule has 0 fully saturated rings. The number of rotatable bonds is 5. The Labute approximate surface area is 312 Å². The summed E-state index contributed by atoms with van der Waals surface area (Å²) in [5, 5.41) is 5.99. The fourth-order valence-corrected chi connectivity index (χ4v) is 8.51.